The highest BCUT2D eigenvalue weighted by atomic mass is 16.5. The summed E-state index contributed by atoms with van der Waals surface area (Å²) in [6.45, 7) is 6.32. The van der Waals surface area contributed by atoms with Crippen molar-refractivity contribution < 1.29 is 23.6 Å². The van der Waals surface area contributed by atoms with E-state index in [0.717, 1.165) is 0 Å². The van der Waals surface area contributed by atoms with E-state index in [0.29, 0.717) is 36.2 Å². The third kappa shape index (κ3) is 4.48. The van der Waals surface area contributed by atoms with E-state index in [9.17, 15) is 9.59 Å². The van der Waals surface area contributed by atoms with Gasteiger partial charge in [-0.25, -0.2) is 0 Å². The fourth-order valence-corrected chi connectivity index (χ4v) is 1.92. The lowest BCUT2D eigenvalue weighted by Crippen LogP contribution is -2.29. The second-order valence-corrected chi connectivity index (χ2v) is 4.76. The number of carbonyl (C=O) groups is 2. The highest BCUT2D eigenvalue weighted by molar-refractivity contribution is 6.43. The van der Waals surface area contributed by atoms with Gasteiger partial charge < -0.3 is 19.3 Å². The van der Waals surface area contributed by atoms with Gasteiger partial charge in [-0.3, -0.25) is 14.9 Å². The number of hydrogen-bond acceptors (Lipinski definition) is 6. The number of nitrogens with zero attached hydrogens (tertiary/aromatic N) is 1. The third-order valence-corrected chi connectivity index (χ3v) is 2.88. The minimum Gasteiger partial charge on any atom is -0.490 e. The molecule has 0 saturated heterocycles. The summed E-state index contributed by atoms with van der Waals surface area (Å²) < 4.78 is 15.7. The molecule has 0 unspecified atom stereocenters. The lowest BCUT2D eigenvalue weighted by atomic mass is 10.2. The van der Waals surface area contributed by atoms with Gasteiger partial charge in [0.05, 0.1) is 13.2 Å². The Bertz CT molecular complexity index is 726. The quantitative estimate of drug-likeness (QED) is 0.787. The summed E-state index contributed by atoms with van der Waals surface area (Å²) in [7, 11) is 0. The summed E-state index contributed by atoms with van der Waals surface area (Å²) in [6, 6.07) is 6.40. The number of benzene rings is 1. The molecule has 0 aliphatic carbocycles. The molecule has 2 amide bonds. The molecule has 128 valence electrons. The molecule has 0 saturated carbocycles. The van der Waals surface area contributed by atoms with Crippen LogP contribution in [0.5, 0.6) is 11.5 Å². The van der Waals surface area contributed by atoms with Crippen molar-refractivity contribution in [3.05, 3.63) is 30.0 Å². The zero-order valence-electron chi connectivity index (χ0n) is 13.7. The summed E-state index contributed by atoms with van der Waals surface area (Å²) in [4.78, 5) is 23.8. The van der Waals surface area contributed by atoms with Gasteiger partial charge in [0.25, 0.3) is 0 Å². The highest BCUT2D eigenvalue weighted by Crippen LogP contribution is 2.30. The Labute approximate surface area is 139 Å². The molecule has 8 nitrogen and oxygen atoms in total. The van der Waals surface area contributed by atoms with Crippen LogP contribution in [0.25, 0.3) is 0 Å². The number of amides is 2. The zero-order valence-corrected chi connectivity index (χ0v) is 13.7. The molecule has 1 aromatic carbocycles. The molecule has 0 fully saturated rings. The van der Waals surface area contributed by atoms with Crippen molar-refractivity contribution in [2.45, 2.75) is 20.8 Å². The van der Waals surface area contributed by atoms with Crippen molar-refractivity contribution >= 4 is 23.3 Å². The molecule has 2 aromatic rings. The molecule has 2 N–H and O–H groups in total. The monoisotopic (exact) mass is 333 g/mol. The van der Waals surface area contributed by atoms with Gasteiger partial charge >= 0.3 is 11.8 Å². The van der Waals surface area contributed by atoms with Crippen LogP contribution in [0.2, 0.25) is 0 Å². The largest absolute Gasteiger partial charge is 0.490 e. The van der Waals surface area contributed by atoms with E-state index in [1.54, 1.807) is 25.1 Å². The Morgan fingerprint density at radius 1 is 1.04 bits per heavy atom. The van der Waals surface area contributed by atoms with Gasteiger partial charge in [-0.15, -0.1) is 0 Å². The summed E-state index contributed by atoms with van der Waals surface area (Å²) in [5.41, 5.74) is 0.415. The van der Waals surface area contributed by atoms with Gasteiger partial charge in [0.1, 0.15) is 5.76 Å². The number of aromatic nitrogens is 1. The number of hydrogen-bond donors (Lipinski definition) is 2. The van der Waals surface area contributed by atoms with Crippen LogP contribution in [0.4, 0.5) is 11.5 Å². The summed E-state index contributed by atoms with van der Waals surface area (Å²) in [5.74, 6) is 0.0786. The van der Waals surface area contributed by atoms with E-state index in [1.165, 1.54) is 6.07 Å². The van der Waals surface area contributed by atoms with E-state index in [4.69, 9.17) is 14.0 Å². The van der Waals surface area contributed by atoms with Crippen LogP contribution in [0.3, 0.4) is 0 Å². The first-order valence-corrected chi connectivity index (χ1v) is 7.48. The molecule has 24 heavy (non-hydrogen) atoms. The van der Waals surface area contributed by atoms with Crippen LogP contribution in [-0.2, 0) is 9.59 Å². The first-order chi connectivity index (χ1) is 11.5. The maximum absolute atomic E-state index is 11.9. The SMILES string of the molecule is CCOc1ccc(NC(=O)C(=O)Nc2cc(C)on2)cc1OCC. The van der Waals surface area contributed by atoms with Gasteiger partial charge in [0.2, 0.25) is 0 Å². The lowest BCUT2D eigenvalue weighted by Gasteiger charge is -2.12. The molecule has 0 spiro atoms. The van der Waals surface area contributed by atoms with Gasteiger partial charge in [-0.1, -0.05) is 5.16 Å². The fraction of sp³-hybridized carbons (Fsp3) is 0.312. The highest BCUT2D eigenvalue weighted by Gasteiger charge is 2.17. The molecule has 1 aromatic heterocycles. The first kappa shape index (κ1) is 17.3. The van der Waals surface area contributed by atoms with Crippen LogP contribution in [0.15, 0.2) is 28.8 Å². The van der Waals surface area contributed by atoms with Crippen molar-refractivity contribution in [2.75, 3.05) is 23.8 Å². The van der Waals surface area contributed by atoms with Crippen LogP contribution < -0.4 is 20.1 Å². The Morgan fingerprint density at radius 2 is 1.71 bits per heavy atom. The van der Waals surface area contributed by atoms with Crippen LogP contribution in [-0.4, -0.2) is 30.2 Å². The van der Waals surface area contributed by atoms with Gasteiger partial charge in [0, 0.05) is 17.8 Å². The Morgan fingerprint density at radius 3 is 2.33 bits per heavy atom. The summed E-state index contributed by atoms with van der Waals surface area (Å²) >= 11 is 0. The van der Waals surface area contributed by atoms with Gasteiger partial charge in [-0.05, 0) is 32.9 Å². The van der Waals surface area contributed by atoms with Crippen molar-refractivity contribution in [2.24, 2.45) is 0 Å². The van der Waals surface area contributed by atoms with E-state index < -0.39 is 11.8 Å². The Hall–Kier alpha value is -3.03. The van der Waals surface area contributed by atoms with Gasteiger partial charge in [-0.2, -0.15) is 0 Å². The van der Waals surface area contributed by atoms with E-state index in [-0.39, 0.29) is 5.82 Å². The molecule has 0 bridgehead atoms. The van der Waals surface area contributed by atoms with Crippen LogP contribution in [0, 0.1) is 6.92 Å². The predicted octanol–water partition coefficient (Wildman–Crippen LogP) is 2.36. The molecule has 2 rings (SSSR count). The average molecular weight is 333 g/mol. The topological polar surface area (TPSA) is 103 Å². The maximum Gasteiger partial charge on any atom is 0.315 e. The normalized spacial score (nSPS) is 10.1. The molecular formula is C16H19N3O5. The second-order valence-electron chi connectivity index (χ2n) is 4.76. The number of ether oxygens (including phenoxy) is 2. The van der Waals surface area contributed by atoms with Gasteiger partial charge in [0.15, 0.2) is 17.3 Å². The smallest absolute Gasteiger partial charge is 0.315 e. The number of rotatable bonds is 6. The molecule has 1 heterocycles. The number of carbonyl (C=O) groups excluding carboxylic acids is 2. The number of anilines is 2. The fourth-order valence-electron chi connectivity index (χ4n) is 1.92. The predicted molar refractivity (Wildman–Crippen MR) is 87.3 cm³/mol. The summed E-state index contributed by atoms with van der Waals surface area (Å²) in [6.07, 6.45) is 0. The third-order valence-electron chi connectivity index (χ3n) is 2.88. The molecule has 0 atom stereocenters. The summed E-state index contributed by atoms with van der Waals surface area (Å²) in [5, 5.41) is 8.43. The second kappa shape index (κ2) is 8.00. The lowest BCUT2D eigenvalue weighted by molar-refractivity contribution is -0.133. The van der Waals surface area contributed by atoms with Crippen molar-refractivity contribution in [1.29, 1.82) is 0 Å². The first-order valence-electron chi connectivity index (χ1n) is 7.48. The minimum absolute atomic E-state index is 0.175. The number of aryl methyl sites for hydroxylation is 1. The molecule has 0 radical (unpaired) electrons. The van der Waals surface area contributed by atoms with Crippen molar-refractivity contribution in [1.82, 2.24) is 5.16 Å². The zero-order chi connectivity index (χ0) is 17.5. The van der Waals surface area contributed by atoms with Crippen molar-refractivity contribution in [3.8, 4) is 11.5 Å². The molecule has 0 aliphatic heterocycles. The van der Waals surface area contributed by atoms with E-state index >= 15 is 0 Å². The van der Waals surface area contributed by atoms with Crippen LogP contribution in [0.1, 0.15) is 19.6 Å². The van der Waals surface area contributed by atoms with Crippen molar-refractivity contribution in [3.63, 3.8) is 0 Å². The maximum atomic E-state index is 11.9. The minimum atomic E-state index is -0.852. The Balaban J connectivity index is 2.04. The molecule has 8 heteroatoms. The van der Waals surface area contributed by atoms with E-state index in [1.807, 2.05) is 13.8 Å². The standard InChI is InChI=1S/C16H19N3O5/c1-4-22-12-7-6-11(9-13(12)23-5-2)17-15(20)16(21)18-14-8-10(3)24-19-14/h6-9H,4-5H2,1-3H3,(H,17,20)(H,18,19,21). The Kier molecular flexibility index (Phi) is 5.78. The molecular weight excluding hydrogens is 314 g/mol. The van der Waals surface area contributed by atoms with E-state index in [2.05, 4.69) is 15.8 Å². The number of nitrogens with one attached hydrogen (secondary N) is 2. The molecule has 0 aliphatic rings. The van der Waals surface area contributed by atoms with Crippen LogP contribution >= 0.6 is 0 Å². The average Bonchev–Trinajstić information content (AvgIpc) is 2.95.